The summed E-state index contributed by atoms with van der Waals surface area (Å²) in [7, 11) is 0. The van der Waals surface area contributed by atoms with Crippen LogP contribution in [0.15, 0.2) is 0 Å². The molecule has 0 fully saturated rings. The van der Waals surface area contributed by atoms with E-state index in [1.165, 1.54) is 0 Å². The summed E-state index contributed by atoms with van der Waals surface area (Å²) >= 11 is 0. The van der Waals surface area contributed by atoms with E-state index in [4.69, 9.17) is 0 Å². The van der Waals surface area contributed by atoms with Crippen molar-refractivity contribution in [2.45, 2.75) is 26.9 Å². The van der Waals surface area contributed by atoms with E-state index in [2.05, 4.69) is 6.92 Å². The van der Waals surface area contributed by atoms with Gasteiger partial charge in [0, 0.05) is 0 Å². The van der Waals surface area contributed by atoms with Gasteiger partial charge < -0.3 is 0 Å². The summed E-state index contributed by atoms with van der Waals surface area (Å²) in [4.78, 5) is 0. The van der Waals surface area contributed by atoms with Crippen molar-refractivity contribution in [3.63, 3.8) is 0 Å². The largest absolute Gasteiger partial charge is 0.247 e. The summed E-state index contributed by atoms with van der Waals surface area (Å²) < 4.78 is 12.1. The van der Waals surface area contributed by atoms with Gasteiger partial charge in [-0.15, -0.1) is 0 Å². The van der Waals surface area contributed by atoms with Gasteiger partial charge in [-0.25, -0.2) is 4.39 Å². The van der Waals surface area contributed by atoms with Crippen molar-refractivity contribution in [1.82, 2.24) is 0 Å². The van der Waals surface area contributed by atoms with Gasteiger partial charge in [0.05, 0.1) is 0 Å². The lowest BCUT2D eigenvalue weighted by Gasteiger charge is -2.18. The lowest BCUT2D eigenvalue weighted by Crippen LogP contribution is -2.17. The molecular formula is C6H12F. The number of hydrogen-bond donors (Lipinski definition) is 0. The van der Waals surface area contributed by atoms with Crippen LogP contribution in [0.3, 0.4) is 0 Å². The molecule has 1 heteroatoms. The predicted molar refractivity (Wildman–Crippen MR) is 29.7 cm³/mol. The maximum Gasteiger partial charge on any atom is 0.105 e. The molecule has 0 nitrogen and oxygen atoms in total. The molecule has 0 heterocycles. The van der Waals surface area contributed by atoms with Crippen molar-refractivity contribution in [3.05, 3.63) is 6.92 Å². The third-order valence-electron chi connectivity index (χ3n) is 0.940. The van der Waals surface area contributed by atoms with Gasteiger partial charge in [0.15, 0.2) is 0 Å². The Morgan fingerprint density at radius 2 is 1.57 bits per heavy atom. The summed E-state index contributed by atoms with van der Waals surface area (Å²) in [5.41, 5.74) is -0.278. The van der Waals surface area contributed by atoms with Crippen molar-refractivity contribution >= 4 is 0 Å². The third-order valence-corrected chi connectivity index (χ3v) is 0.940. The molecule has 0 aliphatic heterocycles. The van der Waals surface area contributed by atoms with Crippen LogP contribution in [0.2, 0.25) is 0 Å². The van der Waals surface area contributed by atoms with Crippen LogP contribution in [0.1, 0.15) is 20.8 Å². The number of hydrogen-bond acceptors (Lipinski definition) is 0. The average Bonchev–Trinajstić information content (AvgIpc) is 1.31. The van der Waals surface area contributed by atoms with E-state index in [9.17, 15) is 4.39 Å². The fourth-order valence-electron chi connectivity index (χ4n) is 0. The molecule has 1 atom stereocenters. The van der Waals surface area contributed by atoms with Gasteiger partial charge in [-0.05, 0) is 12.3 Å². The minimum atomic E-state index is -0.951. The molecule has 0 amide bonds. The molecule has 7 heavy (non-hydrogen) atoms. The normalized spacial score (nSPS) is 16.7. The maximum absolute atomic E-state index is 12.1. The standard InChI is InChI=1S/C6H12F/c1-5(7)6(2,3)4/h5H,1H2,2-4H3. The molecule has 0 aromatic carbocycles. The summed E-state index contributed by atoms with van der Waals surface area (Å²) in [6.07, 6.45) is -0.951. The maximum atomic E-state index is 12.1. The molecule has 0 saturated carbocycles. The van der Waals surface area contributed by atoms with Crippen molar-refractivity contribution in [3.8, 4) is 0 Å². The second-order valence-corrected chi connectivity index (χ2v) is 2.83. The highest BCUT2D eigenvalue weighted by Gasteiger charge is 2.18. The first-order valence-electron chi connectivity index (χ1n) is 2.42. The zero-order valence-electron chi connectivity index (χ0n) is 5.16. The summed E-state index contributed by atoms with van der Waals surface area (Å²) in [5.74, 6) is 0. The van der Waals surface area contributed by atoms with Gasteiger partial charge in [0.1, 0.15) is 6.17 Å². The Morgan fingerprint density at radius 1 is 1.43 bits per heavy atom. The van der Waals surface area contributed by atoms with Crippen LogP contribution < -0.4 is 0 Å². The fraction of sp³-hybridized carbons (Fsp3) is 0.833. The Balaban J connectivity index is 3.54. The Morgan fingerprint density at radius 3 is 1.57 bits per heavy atom. The van der Waals surface area contributed by atoms with E-state index in [1.54, 1.807) is 0 Å². The van der Waals surface area contributed by atoms with Crippen LogP contribution in [0.5, 0.6) is 0 Å². The molecule has 0 bridgehead atoms. The molecular weight excluding hydrogens is 91.1 g/mol. The highest BCUT2D eigenvalue weighted by Crippen LogP contribution is 2.20. The predicted octanol–water partition coefficient (Wildman–Crippen LogP) is 2.20. The van der Waals surface area contributed by atoms with E-state index < -0.39 is 6.17 Å². The van der Waals surface area contributed by atoms with Crippen molar-refractivity contribution < 1.29 is 4.39 Å². The van der Waals surface area contributed by atoms with Crippen molar-refractivity contribution in [2.75, 3.05) is 0 Å². The molecule has 0 spiro atoms. The second-order valence-electron chi connectivity index (χ2n) is 2.83. The van der Waals surface area contributed by atoms with Crippen LogP contribution >= 0.6 is 0 Å². The number of alkyl halides is 1. The van der Waals surface area contributed by atoms with Gasteiger partial charge in [0.2, 0.25) is 0 Å². The van der Waals surface area contributed by atoms with Crippen LogP contribution in [0, 0.1) is 12.3 Å². The van der Waals surface area contributed by atoms with Crippen molar-refractivity contribution in [1.29, 1.82) is 0 Å². The van der Waals surface area contributed by atoms with Gasteiger partial charge in [-0.1, -0.05) is 20.8 Å². The highest BCUT2D eigenvalue weighted by molar-refractivity contribution is 4.73. The molecule has 1 unspecified atom stereocenters. The quantitative estimate of drug-likeness (QED) is 0.441. The third kappa shape index (κ3) is 2.60. The van der Waals surface area contributed by atoms with E-state index in [0.717, 1.165) is 0 Å². The zero-order valence-corrected chi connectivity index (χ0v) is 5.16. The summed E-state index contributed by atoms with van der Waals surface area (Å²) in [6, 6.07) is 0. The summed E-state index contributed by atoms with van der Waals surface area (Å²) in [6.45, 7) is 8.72. The van der Waals surface area contributed by atoms with Gasteiger partial charge in [-0.2, -0.15) is 0 Å². The lowest BCUT2D eigenvalue weighted by atomic mass is 9.92. The monoisotopic (exact) mass is 103 g/mol. The molecule has 0 N–H and O–H groups in total. The van der Waals surface area contributed by atoms with E-state index in [0.29, 0.717) is 0 Å². The first kappa shape index (κ1) is 6.93. The topological polar surface area (TPSA) is 0 Å². The Labute approximate surface area is 44.7 Å². The summed E-state index contributed by atoms with van der Waals surface area (Å²) in [5, 5.41) is 0. The van der Waals surface area contributed by atoms with Crippen LogP contribution in [0.4, 0.5) is 4.39 Å². The minimum Gasteiger partial charge on any atom is -0.247 e. The van der Waals surface area contributed by atoms with Crippen LogP contribution in [0.25, 0.3) is 0 Å². The second kappa shape index (κ2) is 1.81. The smallest absolute Gasteiger partial charge is 0.105 e. The first-order chi connectivity index (χ1) is 2.94. The average molecular weight is 103 g/mol. The molecule has 1 radical (unpaired) electrons. The van der Waals surface area contributed by atoms with E-state index in [1.807, 2.05) is 20.8 Å². The number of halogens is 1. The van der Waals surface area contributed by atoms with Gasteiger partial charge >= 0.3 is 0 Å². The van der Waals surface area contributed by atoms with Gasteiger partial charge in [0.25, 0.3) is 0 Å². The minimum absolute atomic E-state index is 0.278. The van der Waals surface area contributed by atoms with Crippen LogP contribution in [-0.4, -0.2) is 6.17 Å². The number of rotatable bonds is 0. The molecule has 43 valence electrons. The Kier molecular flexibility index (Phi) is 1.79. The van der Waals surface area contributed by atoms with E-state index in [-0.39, 0.29) is 5.41 Å². The van der Waals surface area contributed by atoms with Crippen LogP contribution in [-0.2, 0) is 0 Å². The Bertz CT molecular complexity index is 49.7. The zero-order chi connectivity index (χ0) is 6.08. The molecule has 0 rings (SSSR count). The SMILES string of the molecule is [CH2]C(F)C(C)(C)C. The lowest BCUT2D eigenvalue weighted by molar-refractivity contribution is 0.207. The first-order valence-corrected chi connectivity index (χ1v) is 2.42. The molecule has 0 aliphatic rings. The Hall–Kier alpha value is -0.0700. The van der Waals surface area contributed by atoms with E-state index >= 15 is 0 Å². The van der Waals surface area contributed by atoms with Gasteiger partial charge in [-0.3, -0.25) is 0 Å². The highest BCUT2D eigenvalue weighted by atomic mass is 19.1. The molecule has 0 aliphatic carbocycles. The fourth-order valence-corrected chi connectivity index (χ4v) is 0. The molecule has 0 aromatic rings. The van der Waals surface area contributed by atoms with Crippen molar-refractivity contribution in [2.24, 2.45) is 5.41 Å². The molecule has 0 aromatic heterocycles. The molecule has 0 saturated heterocycles.